The van der Waals surface area contributed by atoms with Gasteiger partial charge in [-0.15, -0.1) is 0 Å². The van der Waals surface area contributed by atoms with Crippen molar-refractivity contribution >= 4 is 33.7 Å². The molecule has 0 heterocycles. The molecule has 0 aliphatic rings. The Balaban J connectivity index is 3.61. The first-order valence-electron chi connectivity index (χ1n) is 3.02. The summed E-state index contributed by atoms with van der Waals surface area (Å²) in [6.07, 6.45) is 0.207. The highest BCUT2D eigenvalue weighted by Gasteiger charge is 2.08. The highest BCUT2D eigenvalue weighted by Crippen LogP contribution is 1.84. The Bertz CT molecular complexity index is 206. The van der Waals surface area contributed by atoms with Gasteiger partial charge in [-0.1, -0.05) is 15.9 Å². The molecule has 0 unspecified atom stereocenters. The third-order valence-corrected chi connectivity index (χ3v) is 1.26. The molecule has 68 valence electrons. The Morgan fingerprint density at radius 3 is 2.25 bits per heavy atom. The molecular formula is C5H8BrN3O3. The largest absolute Gasteiger partial charge is 0.361 e. The van der Waals surface area contributed by atoms with Crippen LogP contribution >= 0.6 is 15.9 Å². The van der Waals surface area contributed by atoms with Gasteiger partial charge in [-0.25, -0.2) is 0 Å². The molecule has 12 heavy (non-hydrogen) atoms. The van der Waals surface area contributed by atoms with Gasteiger partial charge in [0.25, 0.3) is 0 Å². The van der Waals surface area contributed by atoms with E-state index >= 15 is 0 Å². The summed E-state index contributed by atoms with van der Waals surface area (Å²) in [5.41, 5.74) is 8.41. The molecule has 0 bridgehead atoms. The Morgan fingerprint density at radius 1 is 1.25 bits per heavy atom. The van der Waals surface area contributed by atoms with E-state index in [1.165, 1.54) is 0 Å². The summed E-state index contributed by atoms with van der Waals surface area (Å²) in [7, 11) is 0. The molecule has 0 atom stereocenters. The minimum Gasteiger partial charge on any atom is -0.361 e. The van der Waals surface area contributed by atoms with Crippen molar-refractivity contribution in [1.29, 1.82) is 0 Å². The number of nitrogens with one attached hydrogen (secondary N) is 2. The van der Waals surface area contributed by atoms with Crippen molar-refractivity contribution in [2.75, 3.05) is 5.33 Å². The molecule has 0 fully saturated rings. The van der Waals surface area contributed by atoms with Crippen LogP contribution in [0.1, 0.15) is 6.42 Å². The third kappa shape index (κ3) is 4.67. The average Bonchev–Trinajstić information content (AvgIpc) is 2.00. The zero-order valence-electron chi connectivity index (χ0n) is 6.09. The summed E-state index contributed by atoms with van der Waals surface area (Å²) in [6, 6.07) is 0. The Morgan fingerprint density at radius 2 is 1.83 bits per heavy atom. The second kappa shape index (κ2) is 5.53. The Kier molecular flexibility index (Phi) is 5.02. The van der Waals surface area contributed by atoms with Crippen LogP contribution in [0.15, 0.2) is 0 Å². The van der Waals surface area contributed by atoms with Gasteiger partial charge < -0.3 is 5.73 Å². The topological polar surface area (TPSA) is 101 Å². The molecule has 6 nitrogen and oxygen atoms in total. The van der Waals surface area contributed by atoms with Crippen molar-refractivity contribution < 1.29 is 14.4 Å². The fourth-order valence-electron chi connectivity index (χ4n) is 0.336. The Hall–Kier alpha value is -1.11. The van der Waals surface area contributed by atoms with Gasteiger partial charge in [0, 0.05) is 11.8 Å². The van der Waals surface area contributed by atoms with Gasteiger partial charge in [0.05, 0.1) is 0 Å². The van der Waals surface area contributed by atoms with E-state index in [0.29, 0.717) is 5.33 Å². The van der Waals surface area contributed by atoms with Gasteiger partial charge in [-0.05, 0) is 0 Å². The highest BCUT2D eigenvalue weighted by molar-refractivity contribution is 9.09. The van der Waals surface area contributed by atoms with E-state index in [-0.39, 0.29) is 6.42 Å². The van der Waals surface area contributed by atoms with Crippen LogP contribution in [-0.4, -0.2) is 23.1 Å². The van der Waals surface area contributed by atoms with Gasteiger partial charge in [0.1, 0.15) is 0 Å². The lowest BCUT2D eigenvalue weighted by Crippen LogP contribution is -2.47. The molecular weight excluding hydrogens is 230 g/mol. The SMILES string of the molecule is NC(=O)C(=O)NNC(=O)CCBr. The first kappa shape index (κ1) is 10.9. The van der Waals surface area contributed by atoms with Crippen LogP contribution in [0.3, 0.4) is 0 Å². The Labute approximate surface area is 77.0 Å². The smallest absolute Gasteiger partial charge is 0.327 e. The summed E-state index contributed by atoms with van der Waals surface area (Å²) in [5, 5.41) is 0.477. The van der Waals surface area contributed by atoms with E-state index in [2.05, 4.69) is 21.7 Å². The molecule has 0 radical (unpaired) electrons. The molecule has 0 aromatic carbocycles. The number of rotatable bonds is 2. The standard InChI is InChI=1S/C5H8BrN3O3/c6-2-1-3(10)8-9-5(12)4(7)11/h1-2H2,(H2,7,11)(H,8,10)(H,9,12). The number of carbonyl (C=O) groups excluding carboxylic acids is 3. The summed E-state index contributed by atoms with van der Waals surface area (Å²) < 4.78 is 0. The highest BCUT2D eigenvalue weighted by atomic mass is 79.9. The lowest BCUT2D eigenvalue weighted by Gasteiger charge is -2.02. The molecule has 0 saturated heterocycles. The number of hydrazine groups is 1. The van der Waals surface area contributed by atoms with Crippen LogP contribution in [0.2, 0.25) is 0 Å². The number of primary amides is 1. The zero-order valence-corrected chi connectivity index (χ0v) is 7.68. The van der Waals surface area contributed by atoms with Crippen molar-refractivity contribution in [2.24, 2.45) is 5.73 Å². The minimum absolute atomic E-state index is 0.207. The van der Waals surface area contributed by atoms with Crippen LogP contribution in [0.5, 0.6) is 0 Å². The molecule has 0 aromatic heterocycles. The predicted octanol–water partition coefficient (Wildman–Crippen LogP) is -1.60. The predicted molar refractivity (Wildman–Crippen MR) is 43.9 cm³/mol. The van der Waals surface area contributed by atoms with Gasteiger partial charge in [0.15, 0.2) is 0 Å². The van der Waals surface area contributed by atoms with Crippen LogP contribution in [0.25, 0.3) is 0 Å². The quantitative estimate of drug-likeness (QED) is 0.307. The number of hydrogen-bond donors (Lipinski definition) is 3. The lowest BCUT2D eigenvalue weighted by molar-refractivity contribution is -0.139. The lowest BCUT2D eigenvalue weighted by atomic mass is 10.5. The molecule has 0 aromatic rings. The normalized spacial score (nSPS) is 8.75. The number of alkyl halides is 1. The molecule has 0 saturated carbocycles. The van der Waals surface area contributed by atoms with E-state index in [4.69, 9.17) is 0 Å². The van der Waals surface area contributed by atoms with E-state index in [1.54, 1.807) is 0 Å². The van der Waals surface area contributed by atoms with Gasteiger partial charge >= 0.3 is 11.8 Å². The number of carbonyl (C=O) groups is 3. The molecule has 3 amide bonds. The van der Waals surface area contributed by atoms with E-state index < -0.39 is 17.7 Å². The first-order chi connectivity index (χ1) is 5.57. The van der Waals surface area contributed by atoms with E-state index in [1.807, 2.05) is 10.9 Å². The van der Waals surface area contributed by atoms with Gasteiger partial charge in [-0.3, -0.25) is 25.2 Å². The first-order valence-corrected chi connectivity index (χ1v) is 4.14. The van der Waals surface area contributed by atoms with Crippen molar-refractivity contribution in [3.63, 3.8) is 0 Å². The third-order valence-electron chi connectivity index (χ3n) is 0.861. The van der Waals surface area contributed by atoms with Crippen LogP contribution in [0, 0.1) is 0 Å². The summed E-state index contributed by atoms with van der Waals surface area (Å²) in [4.78, 5) is 31.2. The maximum atomic E-state index is 10.7. The number of amides is 3. The fraction of sp³-hybridized carbons (Fsp3) is 0.400. The number of halogens is 1. The number of nitrogens with two attached hydrogens (primary N) is 1. The maximum absolute atomic E-state index is 10.7. The van der Waals surface area contributed by atoms with Crippen molar-refractivity contribution in [2.45, 2.75) is 6.42 Å². The summed E-state index contributed by atoms with van der Waals surface area (Å²) in [5.74, 6) is -2.59. The molecule has 0 rings (SSSR count). The summed E-state index contributed by atoms with van der Waals surface area (Å²) >= 11 is 3.02. The average molecular weight is 238 g/mol. The van der Waals surface area contributed by atoms with Crippen molar-refractivity contribution in [1.82, 2.24) is 10.9 Å². The minimum atomic E-state index is -1.14. The van der Waals surface area contributed by atoms with Crippen LogP contribution in [-0.2, 0) is 14.4 Å². The molecule has 7 heteroatoms. The molecule has 0 aliphatic carbocycles. The maximum Gasteiger partial charge on any atom is 0.327 e. The van der Waals surface area contributed by atoms with Gasteiger partial charge in [0.2, 0.25) is 5.91 Å². The van der Waals surface area contributed by atoms with Crippen LogP contribution in [0.4, 0.5) is 0 Å². The molecule has 0 spiro atoms. The summed E-state index contributed by atoms with van der Waals surface area (Å²) in [6.45, 7) is 0. The molecule has 0 aliphatic heterocycles. The second-order valence-corrected chi connectivity index (χ2v) is 2.60. The van der Waals surface area contributed by atoms with E-state index in [0.717, 1.165) is 0 Å². The van der Waals surface area contributed by atoms with Crippen LogP contribution < -0.4 is 16.6 Å². The molecule has 4 N–H and O–H groups in total. The second-order valence-electron chi connectivity index (χ2n) is 1.81. The fourth-order valence-corrected chi connectivity index (χ4v) is 0.697. The van der Waals surface area contributed by atoms with Crippen molar-refractivity contribution in [3.05, 3.63) is 0 Å². The zero-order chi connectivity index (χ0) is 9.56. The van der Waals surface area contributed by atoms with Crippen molar-refractivity contribution in [3.8, 4) is 0 Å². The van der Waals surface area contributed by atoms with Gasteiger partial charge in [-0.2, -0.15) is 0 Å². The monoisotopic (exact) mass is 237 g/mol. The van der Waals surface area contributed by atoms with E-state index in [9.17, 15) is 14.4 Å². The number of hydrogen-bond acceptors (Lipinski definition) is 3.